The van der Waals surface area contributed by atoms with Crippen LogP contribution in [0.2, 0.25) is 0 Å². The van der Waals surface area contributed by atoms with Gasteiger partial charge in [0.05, 0.1) is 28.0 Å². The highest BCUT2D eigenvalue weighted by atomic mass is 32.2. The summed E-state index contributed by atoms with van der Waals surface area (Å²) in [6.07, 6.45) is 2.79. The molecule has 6 rings (SSSR count). The van der Waals surface area contributed by atoms with Gasteiger partial charge in [0.25, 0.3) is 5.91 Å². The van der Waals surface area contributed by atoms with Gasteiger partial charge in [0, 0.05) is 49.6 Å². The lowest BCUT2D eigenvalue weighted by molar-refractivity contribution is 0.0964. The maximum atomic E-state index is 14.3. The SMILES string of the molecule is CNC(=O)c1c(-c2ccc(F)cc2)oc2cc(N(C)S(C)(=O)=O)c(C3CCCN(Sc4cc5cccc(F)c5[nH]4)C3)cc12. The summed E-state index contributed by atoms with van der Waals surface area (Å²) in [4.78, 5) is 16.3. The maximum absolute atomic E-state index is 14.3. The second-order valence-electron chi connectivity index (χ2n) is 10.7. The zero-order valence-corrected chi connectivity index (χ0v) is 25.4. The predicted molar refractivity (Wildman–Crippen MR) is 166 cm³/mol. The van der Waals surface area contributed by atoms with Crippen molar-refractivity contribution in [1.29, 1.82) is 0 Å². The van der Waals surface area contributed by atoms with Crippen molar-refractivity contribution in [2.45, 2.75) is 23.8 Å². The number of aromatic nitrogens is 1. The molecule has 2 aromatic heterocycles. The van der Waals surface area contributed by atoms with Gasteiger partial charge in [0.2, 0.25) is 10.0 Å². The lowest BCUT2D eigenvalue weighted by Gasteiger charge is -2.33. The van der Waals surface area contributed by atoms with E-state index in [0.29, 0.717) is 39.8 Å². The first-order valence-corrected chi connectivity index (χ1v) is 16.4. The summed E-state index contributed by atoms with van der Waals surface area (Å²) in [6, 6.07) is 16.0. The molecule has 5 aromatic rings. The molecule has 224 valence electrons. The Hall–Kier alpha value is -3.87. The molecular formula is C31H30F2N4O4S2. The number of anilines is 1. The molecule has 0 aliphatic carbocycles. The van der Waals surface area contributed by atoms with E-state index in [1.807, 2.05) is 18.2 Å². The van der Waals surface area contributed by atoms with Crippen LogP contribution in [-0.2, 0) is 10.0 Å². The van der Waals surface area contributed by atoms with Crippen LogP contribution >= 0.6 is 11.9 Å². The molecular weight excluding hydrogens is 594 g/mol. The number of hydrogen-bond donors (Lipinski definition) is 2. The van der Waals surface area contributed by atoms with E-state index in [1.54, 1.807) is 12.1 Å². The number of aromatic amines is 1. The lowest BCUT2D eigenvalue weighted by atomic mass is 9.89. The highest BCUT2D eigenvalue weighted by Crippen LogP contribution is 2.43. The van der Waals surface area contributed by atoms with Gasteiger partial charge >= 0.3 is 0 Å². The summed E-state index contributed by atoms with van der Waals surface area (Å²) in [5, 5.41) is 4.81. The van der Waals surface area contributed by atoms with Crippen molar-refractivity contribution in [3.63, 3.8) is 0 Å². The Bertz CT molecular complexity index is 1950. The predicted octanol–water partition coefficient (Wildman–Crippen LogP) is 6.50. The van der Waals surface area contributed by atoms with Crippen LogP contribution in [0.5, 0.6) is 0 Å². The molecule has 12 heteroatoms. The van der Waals surface area contributed by atoms with Crippen LogP contribution in [0.15, 0.2) is 70.1 Å². The molecule has 1 amide bonds. The number of rotatable bonds is 7. The number of fused-ring (bicyclic) bond motifs is 2. The fraction of sp³-hybridized carbons (Fsp3) is 0.258. The van der Waals surface area contributed by atoms with E-state index in [-0.39, 0.29) is 23.4 Å². The normalized spacial score (nSPS) is 16.2. The van der Waals surface area contributed by atoms with E-state index in [1.165, 1.54) is 60.7 Å². The van der Waals surface area contributed by atoms with Crippen molar-refractivity contribution in [1.82, 2.24) is 14.6 Å². The molecule has 3 heterocycles. The second-order valence-corrected chi connectivity index (χ2v) is 13.8. The van der Waals surface area contributed by atoms with E-state index < -0.39 is 15.8 Å². The molecule has 1 saturated heterocycles. The van der Waals surface area contributed by atoms with E-state index in [4.69, 9.17) is 4.42 Å². The fourth-order valence-electron chi connectivity index (χ4n) is 5.64. The number of H-pyrrole nitrogens is 1. The monoisotopic (exact) mass is 624 g/mol. The zero-order chi connectivity index (χ0) is 30.5. The summed E-state index contributed by atoms with van der Waals surface area (Å²) < 4.78 is 63.1. The first-order chi connectivity index (χ1) is 20.5. The van der Waals surface area contributed by atoms with Crippen LogP contribution in [0, 0.1) is 11.6 Å². The maximum Gasteiger partial charge on any atom is 0.255 e. The van der Waals surface area contributed by atoms with Gasteiger partial charge in [-0.3, -0.25) is 9.10 Å². The van der Waals surface area contributed by atoms with E-state index in [0.717, 1.165) is 41.6 Å². The number of amides is 1. The molecule has 2 N–H and O–H groups in total. The number of nitrogens with zero attached hydrogens (tertiary/aromatic N) is 2. The molecule has 0 spiro atoms. The van der Waals surface area contributed by atoms with Crippen molar-refractivity contribution in [3.8, 4) is 11.3 Å². The molecule has 1 fully saturated rings. The van der Waals surface area contributed by atoms with Crippen LogP contribution in [0.25, 0.3) is 33.2 Å². The van der Waals surface area contributed by atoms with Crippen LogP contribution in [0.1, 0.15) is 34.7 Å². The zero-order valence-electron chi connectivity index (χ0n) is 23.8. The topological polar surface area (TPSA) is 98.7 Å². The Labute approximate surface area is 252 Å². The molecule has 1 unspecified atom stereocenters. The Morgan fingerprint density at radius 1 is 1.14 bits per heavy atom. The van der Waals surface area contributed by atoms with Gasteiger partial charge in [0.1, 0.15) is 23.0 Å². The number of carbonyl (C=O) groups excluding carboxylic acids is 1. The van der Waals surface area contributed by atoms with E-state index in [2.05, 4.69) is 14.6 Å². The number of halogens is 2. The van der Waals surface area contributed by atoms with E-state index >= 15 is 0 Å². The van der Waals surface area contributed by atoms with Crippen molar-refractivity contribution in [2.75, 3.05) is 37.7 Å². The molecule has 1 atom stereocenters. The summed E-state index contributed by atoms with van der Waals surface area (Å²) in [5.74, 6) is -0.910. The summed E-state index contributed by atoms with van der Waals surface area (Å²) in [6.45, 7) is 1.39. The third-order valence-electron chi connectivity index (χ3n) is 7.87. The third kappa shape index (κ3) is 5.62. The van der Waals surface area contributed by atoms with Gasteiger partial charge in [0.15, 0.2) is 0 Å². The van der Waals surface area contributed by atoms with Crippen molar-refractivity contribution in [3.05, 3.63) is 83.4 Å². The highest BCUT2D eigenvalue weighted by Gasteiger charge is 2.30. The third-order valence-corrected chi connectivity index (χ3v) is 10.1. The molecule has 8 nitrogen and oxygen atoms in total. The minimum atomic E-state index is -3.64. The molecule has 0 radical (unpaired) electrons. The first kappa shape index (κ1) is 29.2. The minimum absolute atomic E-state index is 0.0762. The number of hydrogen-bond acceptors (Lipinski definition) is 6. The number of sulfonamides is 1. The standard InChI is InChI=1S/C31H30F2N4O4S2/c1-34-31(38)28-23-15-22(20-7-5-13-37(17-20)42-27-14-19-6-4-8-24(33)29(19)35-27)25(36(2)43(3,39)40)16-26(23)41-30(28)18-9-11-21(32)12-10-18/h4,6,8-12,14-16,20,35H,5,7,13,17H2,1-3H3,(H,34,38). The second kappa shape index (κ2) is 11.3. The van der Waals surface area contributed by atoms with Gasteiger partial charge in [-0.25, -0.2) is 21.5 Å². The summed E-state index contributed by atoms with van der Waals surface area (Å²) >= 11 is 1.50. The largest absolute Gasteiger partial charge is 0.455 e. The average molecular weight is 625 g/mol. The Balaban J connectivity index is 1.44. The van der Waals surface area contributed by atoms with Crippen LogP contribution in [-0.4, -0.2) is 57.1 Å². The smallest absolute Gasteiger partial charge is 0.255 e. The minimum Gasteiger partial charge on any atom is -0.455 e. The molecule has 0 saturated carbocycles. The van der Waals surface area contributed by atoms with Crippen LogP contribution in [0.3, 0.4) is 0 Å². The summed E-state index contributed by atoms with van der Waals surface area (Å²) in [5.41, 5.74) is 2.84. The summed E-state index contributed by atoms with van der Waals surface area (Å²) in [7, 11) is -0.616. The number of benzene rings is 3. The number of nitrogens with one attached hydrogen (secondary N) is 2. The average Bonchev–Trinajstić information content (AvgIpc) is 3.57. The lowest BCUT2D eigenvalue weighted by Crippen LogP contribution is -2.31. The molecule has 43 heavy (non-hydrogen) atoms. The van der Waals surface area contributed by atoms with Gasteiger partial charge in [-0.05, 0) is 78.7 Å². The van der Waals surface area contributed by atoms with Gasteiger partial charge in [-0.1, -0.05) is 12.1 Å². The quantitative estimate of drug-likeness (QED) is 0.201. The molecule has 0 bridgehead atoms. The van der Waals surface area contributed by atoms with Gasteiger partial charge < -0.3 is 14.7 Å². The van der Waals surface area contributed by atoms with Crippen molar-refractivity contribution >= 4 is 55.4 Å². The molecule has 3 aromatic carbocycles. The highest BCUT2D eigenvalue weighted by molar-refractivity contribution is 7.97. The Morgan fingerprint density at radius 3 is 2.60 bits per heavy atom. The molecule has 1 aliphatic rings. The van der Waals surface area contributed by atoms with E-state index in [9.17, 15) is 22.0 Å². The molecule has 1 aliphatic heterocycles. The Morgan fingerprint density at radius 2 is 1.91 bits per heavy atom. The van der Waals surface area contributed by atoms with Gasteiger partial charge in [-0.2, -0.15) is 0 Å². The van der Waals surface area contributed by atoms with Crippen molar-refractivity contribution in [2.24, 2.45) is 0 Å². The fourth-order valence-corrected chi connectivity index (χ4v) is 7.24. The van der Waals surface area contributed by atoms with Gasteiger partial charge in [-0.15, -0.1) is 0 Å². The van der Waals surface area contributed by atoms with Crippen LogP contribution < -0.4 is 9.62 Å². The number of piperidine rings is 1. The number of carbonyl (C=O) groups is 1. The van der Waals surface area contributed by atoms with Crippen molar-refractivity contribution < 1.29 is 26.4 Å². The van der Waals surface area contributed by atoms with Crippen LogP contribution in [0.4, 0.5) is 14.5 Å². The Kier molecular flexibility index (Phi) is 7.69. The number of para-hydroxylation sites is 1. The number of furan rings is 1. The first-order valence-electron chi connectivity index (χ1n) is 13.8.